The first-order valence-electron chi connectivity index (χ1n) is 12.9. The molecule has 1 fully saturated rings. The van der Waals surface area contributed by atoms with Gasteiger partial charge in [-0.15, -0.1) is 22.0 Å². The maximum absolute atomic E-state index is 14.9. The van der Waals surface area contributed by atoms with Crippen molar-refractivity contribution in [2.75, 3.05) is 41.7 Å². The molecule has 2 aromatic heterocycles. The van der Waals surface area contributed by atoms with E-state index in [1.54, 1.807) is 12.1 Å². The van der Waals surface area contributed by atoms with E-state index in [-0.39, 0.29) is 17.9 Å². The summed E-state index contributed by atoms with van der Waals surface area (Å²) in [6, 6.07) is 13.5. The summed E-state index contributed by atoms with van der Waals surface area (Å²) in [6.07, 6.45) is 2.78. The highest BCUT2D eigenvalue weighted by molar-refractivity contribution is 7.99. The Balaban J connectivity index is 1.25. The molecular weight excluding hydrogens is 539 g/mol. The van der Waals surface area contributed by atoms with Crippen molar-refractivity contribution in [2.45, 2.75) is 31.0 Å². The lowest BCUT2D eigenvalue weighted by atomic mass is 9.71. The number of halogens is 3. The number of hydrogen-bond acceptors (Lipinski definition) is 8. The predicted molar refractivity (Wildman–Crippen MR) is 148 cm³/mol. The number of anilines is 2. The molecule has 5 rings (SSSR count). The van der Waals surface area contributed by atoms with Gasteiger partial charge in [0.15, 0.2) is 5.82 Å². The second kappa shape index (κ2) is 11.5. The van der Waals surface area contributed by atoms with E-state index in [1.165, 1.54) is 47.3 Å². The van der Waals surface area contributed by atoms with Crippen LogP contribution >= 0.6 is 11.8 Å². The number of hydrogen-bond donors (Lipinski definition) is 1. The molecule has 1 atom stereocenters. The Morgan fingerprint density at radius 2 is 1.57 bits per heavy atom. The Kier molecular flexibility index (Phi) is 7.99. The fraction of sp³-hybridized carbons (Fsp3) is 0.357. The van der Waals surface area contributed by atoms with E-state index >= 15 is 0 Å². The number of aromatic nitrogens is 5. The van der Waals surface area contributed by atoms with Crippen LogP contribution < -0.4 is 9.80 Å². The average molecular weight is 570 g/mol. The largest absolute Gasteiger partial charge is 0.383 e. The summed E-state index contributed by atoms with van der Waals surface area (Å²) in [5, 5.41) is 25.5. The minimum absolute atomic E-state index is 0.0174. The third kappa shape index (κ3) is 5.92. The third-order valence-electron chi connectivity index (χ3n) is 7.36. The lowest BCUT2D eigenvalue weighted by Gasteiger charge is -2.43. The molecule has 0 radical (unpaired) electrons. The highest BCUT2D eigenvalue weighted by atomic mass is 32.2. The van der Waals surface area contributed by atoms with Crippen LogP contribution in [0.5, 0.6) is 0 Å². The minimum Gasteiger partial charge on any atom is -0.383 e. The molecule has 0 saturated carbocycles. The van der Waals surface area contributed by atoms with Gasteiger partial charge < -0.3 is 14.9 Å². The first-order valence-corrected chi connectivity index (χ1v) is 13.9. The topological polar surface area (TPSA) is 83.2 Å². The molecule has 2 aromatic carbocycles. The van der Waals surface area contributed by atoms with Crippen LogP contribution in [0, 0.1) is 22.9 Å². The zero-order valence-corrected chi connectivity index (χ0v) is 23.0. The molecule has 1 N–H and O–H groups in total. The summed E-state index contributed by atoms with van der Waals surface area (Å²) in [5.74, 6) is -0.674. The Labute approximate surface area is 234 Å². The number of aliphatic hydroxyl groups is 1. The number of thioether (sulfide) groups is 1. The minimum atomic E-state index is -1.73. The SMILES string of the molecule is CC(C)(CSc1ccc(N2CCN(c3ccc(F)cc3)CC2)nn1)C(O)(Cn1cncn1)c1ccc(F)cc1F. The maximum atomic E-state index is 14.9. The Morgan fingerprint density at radius 1 is 0.875 bits per heavy atom. The molecule has 0 spiro atoms. The molecular formula is C28H30F3N7OS. The van der Waals surface area contributed by atoms with Gasteiger partial charge >= 0.3 is 0 Å². The molecule has 3 heterocycles. The molecule has 1 aliphatic rings. The van der Waals surface area contributed by atoms with Gasteiger partial charge in [-0.05, 0) is 42.5 Å². The van der Waals surface area contributed by atoms with E-state index in [0.29, 0.717) is 10.8 Å². The highest BCUT2D eigenvalue weighted by Crippen LogP contribution is 2.45. The van der Waals surface area contributed by atoms with Gasteiger partial charge in [-0.3, -0.25) is 0 Å². The van der Waals surface area contributed by atoms with Crippen molar-refractivity contribution in [1.82, 2.24) is 25.0 Å². The number of benzene rings is 2. The van der Waals surface area contributed by atoms with Gasteiger partial charge in [0.2, 0.25) is 0 Å². The maximum Gasteiger partial charge on any atom is 0.151 e. The fourth-order valence-corrected chi connectivity index (χ4v) is 5.83. The van der Waals surface area contributed by atoms with Crippen LogP contribution in [0.25, 0.3) is 0 Å². The lowest BCUT2D eigenvalue weighted by Crippen LogP contribution is -2.47. The molecule has 0 bridgehead atoms. The molecule has 0 aliphatic carbocycles. The molecule has 210 valence electrons. The molecule has 1 saturated heterocycles. The van der Waals surface area contributed by atoms with Gasteiger partial charge in [0.1, 0.15) is 40.7 Å². The molecule has 12 heteroatoms. The monoisotopic (exact) mass is 569 g/mol. The predicted octanol–water partition coefficient (Wildman–Crippen LogP) is 4.52. The van der Waals surface area contributed by atoms with E-state index in [2.05, 4.69) is 30.1 Å². The van der Waals surface area contributed by atoms with E-state index in [1.807, 2.05) is 26.0 Å². The fourth-order valence-electron chi connectivity index (χ4n) is 4.82. The van der Waals surface area contributed by atoms with Crippen molar-refractivity contribution in [3.63, 3.8) is 0 Å². The lowest BCUT2D eigenvalue weighted by molar-refractivity contribution is -0.0804. The highest BCUT2D eigenvalue weighted by Gasteiger charge is 2.47. The van der Waals surface area contributed by atoms with Crippen molar-refractivity contribution < 1.29 is 18.3 Å². The zero-order chi connectivity index (χ0) is 28.3. The number of rotatable bonds is 9. The van der Waals surface area contributed by atoms with Gasteiger partial charge in [-0.25, -0.2) is 22.8 Å². The number of piperazine rings is 1. The molecule has 0 amide bonds. The first kappa shape index (κ1) is 27.9. The summed E-state index contributed by atoms with van der Waals surface area (Å²) < 4.78 is 43.3. The van der Waals surface area contributed by atoms with Crippen molar-refractivity contribution in [3.05, 3.63) is 90.3 Å². The molecule has 1 aliphatic heterocycles. The molecule has 40 heavy (non-hydrogen) atoms. The van der Waals surface area contributed by atoms with Crippen molar-refractivity contribution in [1.29, 1.82) is 0 Å². The van der Waals surface area contributed by atoms with Gasteiger partial charge in [0, 0.05) is 54.7 Å². The van der Waals surface area contributed by atoms with Gasteiger partial charge in [-0.2, -0.15) is 5.10 Å². The van der Waals surface area contributed by atoms with Gasteiger partial charge in [-0.1, -0.05) is 19.9 Å². The molecule has 4 aromatic rings. The summed E-state index contributed by atoms with van der Waals surface area (Å²) in [6.45, 7) is 6.64. The van der Waals surface area contributed by atoms with Crippen LogP contribution in [-0.4, -0.2) is 62.0 Å². The summed E-state index contributed by atoms with van der Waals surface area (Å²) in [7, 11) is 0. The average Bonchev–Trinajstić information content (AvgIpc) is 3.45. The van der Waals surface area contributed by atoms with Crippen LogP contribution in [0.3, 0.4) is 0 Å². The first-order chi connectivity index (χ1) is 19.1. The van der Waals surface area contributed by atoms with Crippen molar-refractivity contribution >= 4 is 23.3 Å². The normalized spacial score (nSPS) is 15.8. The summed E-state index contributed by atoms with van der Waals surface area (Å²) >= 11 is 1.39. The standard InChI is InChI=1S/C28H30F3N7OS/c1-27(2,28(39,16-38-19-32-18-33-38)23-8-5-21(30)15-24(23)31)17-40-26-10-9-25(34-35-26)37-13-11-36(12-14-37)22-6-3-20(29)4-7-22/h3-10,15,18-19,39H,11-14,16-17H2,1-2H3. The smallest absolute Gasteiger partial charge is 0.151 e. The van der Waals surface area contributed by atoms with E-state index in [4.69, 9.17) is 0 Å². The second-order valence-electron chi connectivity index (χ2n) is 10.4. The van der Waals surface area contributed by atoms with Gasteiger partial charge in [0.05, 0.1) is 6.54 Å². The summed E-state index contributed by atoms with van der Waals surface area (Å²) in [5.41, 5.74) is -1.66. The van der Waals surface area contributed by atoms with E-state index in [0.717, 1.165) is 49.8 Å². The van der Waals surface area contributed by atoms with Crippen LogP contribution in [0.4, 0.5) is 24.7 Å². The third-order valence-corrected chi connectivity index (χ3v) is 8.74. The Morgan fingerprint density at radius 3 is 2.20 bits per heavy atom. The van der Waals surface area contributed by atoms with E-state index < -0.39 is 22.7 Å². The van der Waals surface area contributed by atoms with Gasteiger partial charge in [0.25, 0.3) is 0 Å². The molecule has 1 unspecified atom stereocenters. The number of nitrogens with zero attached hydrogens (tertiary/aromatic N) is 7. The Bertz CT molecular complexity index is 1410. The van der Waals surface area contributed by atoms with Crippen LogP contribution in [0.2, 0.25) is 0 Å². The summed E-state index contributed by atoms with van der Waals surface area (Å²) in [4.78, 5) is 8.29. The zero-order valence-electron chi connectivity index (χ0n) is 22.2. The van der Waals surface area contributed by atoms with E-state index in [9.17, 15) is 18.3 Å². The second-order valence-corrected chi connectivity index (χ2v) is 11.4. The molecule has 8 nitrogen and oxygen atoms in total. The van der Waals surface area contributed by atoms with Crippen LogP contribution in [-0.2, 0) is 12.1 Å². The van der Waals surface area contributed by atoms with Crippen LogP contribution in [0.1, 0.15) is 19.4 Å². The Hall–Kier alpha value is -3.64. The van der Waals surface area contributed by atoms with Crippen molar-refractivity contribution in [2.24, 2.45) is 5.41 Å². The van der Waals surface area contributed by atoms with Crippen molar-refractivity contribution in [3.8, 4) is 0 Å². The van der Waals surface area contributed by atoms with Crippen LogP contribution in [0.15, 0.2) is 72.3 Å². The quantitative estimate of drug-likeness (QED) is 0.295.